The van der Waals surface area contributed by atoms with E-state index < -0.39 is 0 Å². The van der Waals surface area contributed by atoms with E-state index in [2.05, 4.69) is 62.4 Å². The normalized spacial score (nSPS) is 26.0. The van der Waals surface area contributed by atoms with Gasteiger partial charge in [0.1, 0.15) is 0 Å². The van der Waals surface area contributed by atoms with E-state index in [0.29, 0.717) is 11.8 Å². The van der Waals surface area contributed by atoms with Gasteiger partial charge in [0.25, 0.3) is 0 Å². The Hall–Kier alpha value is -1.47. The summed E-state index contributed by atoms with van der Waals surface area (Å²) in [5.41, 5.74) is 2.81. The summed E-state index contributed by atoms with van der Waals surface area (Å²) < 4.78 is 0. The molecule has 0 aromatic heterocycles. The molecule has 0 spiro atoms. The first-order chi connectivity index (χ1) is 31.4. The Morgan fingerprint density at radius 2 is 0.625 bits per heavy atom. The number of unbranched alkanes of at least 4 members (excludes halogenated alkanes) is 13. The Morgan fingerprint density at radius 1 is 0.328 bits per heavy atom. The molecule has 0 atom stereocenters. The zero-order valence-corrected chi connectivity index (χ0v) is 43.4. The lowest BCUT2D eigenvalue weighted by atomic mass is 9.68. The summed E-state index contributed by atoms with van der Waals surface area (Å²) in [5.74, 6) is 7.56. The lowest BCUT2D eigenvalue weighted by Gasteiger charge is -2.38. The molecule has 0 heterocycles. The monoisotopic (exact) mass is 931 g/mol. The molecule has 7 rings (SSSR count). The molecule has 358 valence electrons. The summed E-state index contributed by atoms with van der Waals surface area (Å²) >= 11 is 18.4. The van der Waals surface area contributed by atoms with E-state index >= 15 is 0 Å². The molecule has 0 radical (unpaired) electrons. The third kappa shape index (κ3) is 20.0. The van der Waals surface area contributed by atoms with Crippen molar-refractivity contribution in [3.8, 4) is 0 Å². The van der Waals surface area contributed by atoms with Crippen molar-refractivity contribution in [2.24, 2.45) is 35.5 Å². The van der Waals surface area contributed by atoms with Gasteiger partial charge in [0.05, 0.1) is 0 Å². The predicted molar refractivity (Wildman–Crippen MR) is 284 cm³/mol. The summed E-state index contributed by atoms with van der Waals surface area (Å²) in [6.45, 7) is 4.61. The number of halogens is 3. The molecular formula is C61H93Cl3. The van der Waals surface area contributed by atoms with Gasteiger partial charge < -0.3 is 0 Å². The molecular weight excluding hydrogens is 839 g/mol. The van der Waals surface area contributed by atoms with Gasteiger partial charge in [0.2, 0.25) is 0 Å². The fraction of sp³-hybridized carbons (Fsp3) is 0.705. The quantitative estimate of drug-likeness (QED) is 0.0934. The molecule has 0 bridgehead atoms. The second-order valence-corrected chi connectivity index (χ2v) is 22.5. The van der Waals surface area contributed by atoms with Crippen molar-refractivity contribution in [3.05, 3.63) is 105 Å². The number of rotatable bonds is 21. The van der Waals surface area contributed by atoms with Crippen LogP contribution in [-0.2, 0) is 0 Å². The van der Waals surface area contributed by atoms with Gasteiger partial charge in [0.15, 0.2) is 0 Å². The highest BCUT2D eigenvalue weighted by atomic mass is 35.5. The summed E-state index contributed by atoms with van der Waals surface area (Å²) in [5, 5.41) is 2.76. The molecule has 3 aromatic carbocycles. The first-order valence-electron chi connectivity index (χ1n) is 27.6. The molecule has 4 aliphatic rings. The summed E-state index contributed by atoms with van der Waals surface area (Å²) in [6.07, 6.45) is 48.2. The minimum absolute atomic E-state index is 0.707. The number of benzene rings is 3. The average Bonchev–Trinajstić information content (AvgIpc) is 3.34. The van der Waals surface area contributed by atoms with Crippen LogP contribution in [0.15, 0.2) is 78.9 Å². The highest BCUT2D eigenvalue weighted by Crippen LogP contribution is 2.47. The number of hydrogen-bond acceptors (Lipinski definition) is 0. The average molecular weight is 933 g/mol. The summed E-state index contributed by atoms with van der Waals surface area (Å²) in [7, 11) is 0. The van der Waals surface area contributed by atoms with Crippen molar-refractivity contribution >= 4 is 34.8 Å². The fourth-order valence-corrected chi connectivity index (χ4v) is 13.4. The van der Waals surface area contributed by atoms with Crippen LogP contribution in [0.5, 0.6) is 0 Å². The molecule has 0 amide bonds. The maximum absolute atomic E-state index is 6.45. The molecule has 0 unspecified atom stereocenters. The van der Waals surface area contributed by atoms with Gasteiger partial charge in [-0.1, -0.05) is 238 Å². The van der Waals surface area contributed by atoms with Crippen molar-refractivity contribution in [2.75, 3.05) is 0 Å². The van der Waals surface area contributed by atoms with E-state index in [1.54, 1.807) is 0 Å². The minimum atomic E-state index is 0.707. The number of hydrogen-bond donors (Lipinski definition) is 0. The van der Waals surface area contributed by atoms with E-state index in [1.165, 1.54) is 223 Å². The summed E-state index contributed by atoms with van der Waals surface area (Å²) in [4.78, 5) is 0. The van der Waals surface area contributed by atoms with Crippen molar-refractivity contribution in [2.45, 2.75) is 238 Å². The Bertz CT molecular complexity index is 1570. The van der Waals surface area contributed by atoms with E-state index in [4.69, 9.17) is 34.8 Å². The van der Waals surface area contributed by atoms with E-state index in [9.17, 15) is 0 Å². The third-order valence-electron chi connectivity index (χ3n) is 16.8. The third-order valence-corrected chi connectivity index (χ3v) is 17.7. The predicted octanol–water partition coefficient (Wildman–Crippen LogP) is 21.9. The Balaban J connectivity index is 0.000000209. The zero-order valence-electron chi connectivity index (χ0n) is 41.1. The van der Waals surface area contributed by atoms with Gasteiger partial charge in [-0.05, 0) is 160 Å². The fourth-order valence-electron chi connectivity index (χ4n) is 12.7. The van der Waals surface area contributed by atoms with Gasteiger partial charge >= 0.3 is 0 Å². The Labute approximate surface area is 410 Å². The molecule has 0 saturated heterocycles. The highest BCUT2D eigenvalue weighted by molar-refractivity contribution is 6.31. The molecule has 64 heavy (non-hydrogen) atoms. The zero-order chi connectivity index (χ0) is 45.0. The van der Waals surface area contributed by atoms with E-state index in [0.717, 1.165) is 50.6 Å². The lowest BCUT2D eigenvalue weighted by molar-refractivity contribution is 0.155. The van der Waals surface area contributed by atoms with Crippen molar-refractivity contribution in [3.63, 3.8) is 0 Å². The topological polar surface area (TPSA) is 0 Å². The Kier molecular flexibility index (Phi) is 27.0. The molecule has 3 heteroatoms. The smallest absolute Gasteiger partial charge is 0.0440 e. The molecule has 4 aliphatic carbocycles. The van der Waals surface area contributed by atoms with E-state index in [-0.39, 0.29) is 0 Å². The van der Waals surface area contributed by atoms with Crippen molar-refractivity contribution in [1.82, 2.24) is 0 Å². The van der Waals surface area contributed by atoms with Gasteiger partial charge in [-0.2, -0.15) is 0 Å². The largest absolute Gasteiger partial charge is 0.0843 e. The van der Waals surface area contributed by atoms with Crippen LogP contribution in [0.25, 0.3) is 0 Å². The van der Waals surface area contributed by atoms with Crippen molar-refractivity contribution < 1.29 is 0 Å². The van der Waals surface area contributed by atoms with Gasteiger partial charge in [-0.15, -0.1) is 0 Å². The molecule has 3 aromatic rings. The van der Waals surface area contributed by atoms with Crippen LogP contribution in [-0.4, -0.2) is 0 Å². The van der Waals surface area contributed by atoms with Gasteiger partial charge in [-0.3, -0.25) is 0 Å². The summed E-state index contributed by atoms with van der Waals surface area (Å²) in [6, 6.07) is 26.5. The lowest BCUT2D eigenvalue weighted by Crippen LogP contribution is -2.25. The van der Waals surface area contributed by atoms with E-state index in [1.807, 2.05) is 30.3 Å². The Morgan fingerprint density at radius 3 is 0.938 bits per heavy atom. The van der Waals surface area contributed by atoms with Crippen LogP contribution in [0.1, 0.15) is 249 Å². The SMILES string of the molecule is CCCCCCCCCC1CCC(C2CCC(c3ccccc3Cl)CC2)CC1.CCCCCCCCCCC1CCC(C2CCC(c3ccccc3Cl)CC2)CC1.Clc1ccccc1. The van der Waals surface area contributed by atoms with Crippen LogP contribution in [0, 0.1) is 35.5 Å². The van der Waals surface area contributed by atoms with Crippen molar-refractivity contribution in [1.29, 1.82) is 0 Å². The highest BCUT2D eigenvalue weighted by Gasteiger charge is 2.33. The van der Waals surface area contributed by atoms with Gasteiger partial charge in [0, 0.05) is 15.1 Å². The van der Waals surface area contributed by atoms with Crippen LogP contribution < -0.4 is 0 Å². The molecule has 0 nitrogen and oxygen atoms in total. The second-order valence-electron chi connectivity index (χ2n) is 21.3. The minimum Gasteiger partial charge on any atom is -0.0843 e. The van der Waals surface area contributed by atoms with Crippen LogP contribution >= 0.6 is 34.8 Å². The van der Waals surface area contributed by atoms with Crippen LogP contribution in [0.4, 0.5) is 0 Å². The molecule has 4 saturated carbocycles. The van der Waals surface area contributed by atoms with Gasteiger partial charge in [-0.25, -0.2) is 0 Å². The maximum Gasteiger partial charge on any atom is 0.0440 e. The van der Waals surface area contributed by atoms with Crippen LogP contribution in [0.2, 0.25) is 15.1 Å². The molecule has 4 fully saturated rings. The second kappa shape index (κ2) is 32.3. The van der Waals surface area contributed by atoms with Crippen LogP contribution in [0.3, 0.4) is 0 Å². The first-order valence-corrected chi connectivity index (χ1v) is 28.8. The molecule has 0 N–H and O–H groups in total. The maximum atomic E-state index is 6.45. The standard InChI is InChI=1S/C28H45Cl.C27H43Cl.C6H5Cl/c1-2-3-4-5-6-7-8-9-12-23-15-17-24(18-16-23)25-19-21-26(22-20-25)27-13-10-11-14-28(27)29;1-2-3-4-5-6-7-8-11-22-14-16-23(17-15-22)24-18-20-25(21-19-24)26-12-9-10-13-27(26)28;7-6-4-2-1-3-5-6/h10-11,13-14,23-26H,2-9,12,15-22H2,1H3;9-10,12-13,22-25H,2-8,11,14-21H2,1H3;1-5H. The first kappa shape index (κ1) is 53.5. The molecule has 0 aliphatic heterocycles.